The second-order valence-electron chi connectivity index (χ2n) is 4.88. The molecule has 1 fully saturated rings. The quantitative estimate of drug-likeness (QED) is 0.702. The summed E-state index contributed by atoms with van der Waals surface area (Å²) in [6, 6.07) is 9.45. The van der Waals surface area contributed by atoms with Crippen LogP contribution in [0.15, 0.2) is 30.3 Å². The van der Waals surface area contributed by atoms with Crippen molar-refractivity contribution in [2.75, 3.05) is 13.6 Å². The van der Waals surface area contributed by atoms with Crippen LogP contribution in [-0.2, 0) is 0 Å². The third-order valence-electron chi connectivity index (χ3n) is 3.87. The minimum Gasteiger partial charge on any atom is -0.299 e. The Morgan fingerprint density at radius 3 is 2.16 bits per heavy atom. The summed E-state index contributed by atoms with van der Waals surface area (Å²) < 4.78 is 0. The van der Waals surface area contributed by atoms with E-state index in [0.29, 0.717) is 6.04 Å². The van der Waals surface area contributed by atoms with Gasteiger partial charge in [0.15, 0.2) is 0 Å². The Morgan fingerprint density at radius 1 is 1.05 bits per heavy atom. The molecule has 3 rings (SSSR count). The molecule has 2 atom stereocenters. The molecule has 1 aliphatic carbocycles. The lowest BCUT2D eigenvalue weighted by Gasteiger charge is -2.22. The van der Waals surface area contributed by atoms with Crippen LogP contribution in [-0.4, -0.2) is 24.5 Å². The normalized spacial score (nSPS) is 24.0. The highest BCUT2D eigenvalue weighted by Gasteiger charge is 2.37. The van der Waals surface area contributed by atoms with Crippen LogP contribution in [0.4, 0.5) is 0 Å². The van der Waals surface area contributed by atoms with Gasteiger partial charge in [0, 0.05) is 12.6 Å². The molecule has 0 saturated carbocycles. The molecule has 1 heteroatoms. The van der Waals surface area contributed by atoms with Crippen molar-refractivity contribution in [2.24, 2.45) is 5.92 Å². The fourth-order valence-electron chi connectivity index (χ4n) is 3.00. The van der Waals surface area contributed by atoms with Gasteiger partial charge in [-0.2, -0.15) is 0 Å². The van der Waals surface area contributed by atoms with Crippen molar-refractivity contribution in [3.05, 3.63) is 41.5 Å². The molecular weight excluding hydrogens is 230 g/mol. The monoisotopic (exact) mass is 259 g/mol. The molecule has 1 aliphatic heterocycles. The second-order valence-corrected chi connectivity index (χ2v) is 4.88. The largest absolute Gasteiger partial charge is 0.299 e. The highest BCUT2D eigenvalue weighted by Crippen LogP contribution is 2.42. The first kappa shape index (κ1) is 16.0. The number of rotatable bonds is 1. The van der Waals surface area contributed by atoms with Gasteiger partial charge in [0.05, 0.1) is 0 Å². The molecule has 2 bridgehead atoms. The molecule has 1 aromatic rings. The molecular formula is C18H29N. The number of likely N-dealkylation sites (N-methyl/N-ethyl adjacent to an activating group) is 1. The van der Waals surface area contributed by atoms with E-state index in [1.165, 1.54) is 24.1 Å². The molecule has 2 aliphatic rings. The van der Waals surface area contributed by atoms with Crippen LogP contribution in [0.3, 0.4) is 0 Å². The van der Waals surface area contributed by atoms with Crippen LogP contribution in [0.1, 0.15) is 45.2 Å². The van der Waals surface area contributed by atoms with Gasteiger partial charge < -0.3 is 0 Å². The van der Waals surface area contributed by atoms with Gasteiger partial charge in [-0.3, -0.25) is 4.90 Å². The van der Waals surface area contributed by atoms with E-state index in [-0.39, 0.29) is 0 Å². The molecule has 1 heterocycles. The third-order valence-corrected chi connectivity index (χ3v) is 3.87. The molecule has 19 heavy (non-hydrogen) atoms. The van der Waals surface area contributed by atoms with Crippen LogP contribution in [0, 0.1) is 12.8 Å². The van der Waals surface area contributed by atoms with Crippen LogP contribution < -0.4 is 0 Å². The van der Waals surface area contributed by atoms with Crippen LogP contribution in [0.2, 0.25) is 0 Å². The number of hydrogen-bond donors (Lipinski definition) is 0. The third kappa shape index (κ3) is 3.27. The Morgan fingerprint density at radius 2 is 1.68 bits per heavy atom. The smallest absolute Gasteiger partial charge is 0.0287 e. The summed E-state index contributed by atoms with van der Waals surface area (Å²) in [6.45, 7) is 11.5. The van der Waals surface area contributed by atoms with Gasteiger partial charge in [0.1, 0.15) is 0 Å². The van der Waals surface area contributed by atoms with Crippen molar-refractivity contribution in [2.45, 2.75) is 47.1 Å². The van der Waals surface area contributed by atoms with Gasteiger partial charge in [0.2, 0.25) is 0 Å². The first-order valence-electron chi connectivity index (χ1n) is 7.73. The van der Waals surface area contributed by atoms with Crippen molar-refractivity contribution in [3.63, 3.8) is 0 Å². The van der Waals surface area contributed by atoms with Crippen LogP contribution >= 0.6 is 0 Å². The van der Waals surface area contributed by atoms with Crippen molar-refractivity contribution in [1.82, 2.24) is 4.90 Å². The molecule has 0 amide bonds. The molecule has 2 unspecified atom stereocenters. The fraction of sp³-hybridized carbons (Fsp3) is 0.556. The number of fused-ring (bicyclic) bond motifs is 2. The Labute approximate surface area is 119 Å². The minimum atomic E-state index is 0.699. The molecule has 0 aromatic heterocycles. The van der Waals surface area contributed by atoms with E-state index in [1.807, 2.05) is 27.7 Å². The van der Waals surface area contributed by atoms with Gasteiger partial charge >= 0.3 is 0 Å². The fourth-order valence-corrected chi connectivity index (χ4v) is 3.00. The molecule has 0 N–H and O–H groups in total. The zero-order valence-electron chi connectivity index (χ0n) is 13.4. The Balaban J connectivity index is 0.000000415. The van der Waals surface area contributed by atoms with Gasteiger partial charge in [-0.05, 0) is 43.0 Å². The lowest BCUT2D eigenvalue weighted by molar-refractivity contribution is 0.347. The van der Waals surface area contributed by atoms with Crippen molar-refractivity contribution < 1.29 is 0 Å². The summed E-state index contributed by atoms with van der Waals surface area (Å²) >= 11 is 0. The molecule has 0 spiro atoms. The first-order valence-corrected chi connectivity index (χ1v) is 7.73. The average molecular weight is 259 g/mol. The van der Waals surface area contributed by atoms with Gasteiger partial charge in [-0.25, -0.2) is 0 Å². The lowest BCUT2D eigenvalue weighted by atomic mass is 9.92. The second kappa shape index (κ2) is 7.49. The Hall–Kier alpha value is -1.08. The summed E-state index contributed by atoms with van der Waals surface area (Å²) in [5.41, 5.74) is 4.48. The van der Waals surface area contributed by atoms with E-state index < -0.39 is 0 Å². The van der Waals surface area contributed by atoms with E-state index in [2.05, 4.69) is 49.2 Å². The molecule has 106 valence electrons. The number of nitrogens with zero attached hydrogens (tertiary/aromatic N) is 1. The zero-order valence-corrected chi connectivity index (χ0v) is 13.4. The maximum Gasteiger partial charge on any atom is 0.0287 e. The standard InChI is InChI=1S/C14H17N.2C2H6/c1-10-5-3-4-6-13(10)14-8-12-7-11(14)9-15(12)2;2*1-2/h3-6,8,11-12H,7,9H2,1-2H3;2*1-2H3. The predicted molar refractivity (Wildman–Crippen MR) is 86.4 cm³/mol. The lowest BCUT2D eigenvalue weighted by Crippen LogP contribution is -2.25. The first-order chi connectivity index (χ1) is 9.25. The number of hydrogen-bond acceptors (Lipinski definition) is 1. The molecule has 1 saturated heterocycles. The topological polar surface area (TPSA) is 3.24 Å². The van der Waals surface area contributed by atoms with E-state index in [1.54, 1.807) is 5.57 Å². The summed E-state index contributed by atoms with van der Waals surface area (Å²) in [7, 11) is 2.23. The van der Waals surface area contributed by atoms with Crippen LogP contribution in [0.25, 0.3) is 5.57 Å². The van der Waals surface area contributed by atoms with Crippen LogP contribution in [0.5, 0.6) is 0 Å². The number of aryl methyl sites for hydroxylation is 1. The summed E-state index contributed by atoms with van der Waals surface area (Å²) in [4.78, 5) is 2.46. The van der Waals surface area contributed by atoms with Gasteiger partial charge in [0.25, 0.3) is 0 Å². The summed E-state index contributed by atoms with van der Waals surface area (Å²) in [5.74, 6) is 0.779. The van der Waals surface area contributed by atoms with E-state index in [4.69, 9.17) is 0 Å². The summed E-state index contributed by atoms with van der Waals surface area (Å²) in [6.07, 6.45) is 3.80. The number of benzene rings is 1. The Kier molecular flexibility index (Phi) is 6.30. The highest BCUT2D eigenvalue weighted by atomic mass is 15.2. The summed E-state index contributed by atoms with van der Waals surface area (Å²) in [5, 5.41) is 0. The average Bonchev–Trinajstić information content (AvgIpc) is 3.03. The van der Waals surface area contributed by atoms with Crippen molar-refractivity contribution in [1.29, 1.82) is 0 Å². The van der Waals surface area contributed by atoms with Crippen molar-refractivity contribution >= 4 is 5.57 Å². The van der Waals surface area contributed by atoms with Crippen molar-refractivity contribution in [3.8, 4) is 0 Å². The number of likely N-dealkylation sites (tertiary alicyclic amines) is 1. The Bertz CT molecular complexity index is 419. The van der Waals surface area contributed by atoms with E-state index >= 15 is 0 Å². The molecule has 1 nitrogen and oxygen atoms in total. The zero-order chi connectivity index (χ0) is 14.4. The SMILES string of the molecule is CC.CC.Cc1ccccc1C1=CC2CC1CN2C. The van der Waals surface area contributed by atoms with E-state index in [9.17, 15) is 0 Å². The van der Waals surface area contributed by atoms with E-state index in [0.717, 1.165) is 5.92 Å². The maximum atomic E-state index is 2.47. The maximum absolute atomic E-state index is 2.47. The molecule has 1 aromatic carbocycles. The molecule has 0 radical (unpaired) electrons. The van der Waals surface area contributed by atoms with Gasteiger partial charge in [-0.1, -0.05) is 58.0 Å². The van der Waals surface area contributed by atoms with Gasteiger partial charge in [-0.15, -0.1) is 0 Å². The highest BCUT2D eigenvalue weighted by molar-refractivity contribution is 5.73. The predicted octanol–water partition coefficient (Wildman–Crippen LogP) is 4.76. The minimum absolute atomic E-state index is 0.699.